The molecule has 0 aliphatic carbocycles. The van der Waals surface area contributed by atoms with E-state index in [2.05, 4.69) is 10.6 Å². The first kappa shape index (κ1) is 18.7. The first-order valence-electron chi connectivity index (χ1n) is 7.95. The van der Waals surface area contributed by atoms with Crippen molar-refractivity contribution in [2.75, 3.05) is 5.32 Å². The summed E-state index contributed by atoms with van der Waals surface area (Å²) in [6.45, 7) is 0. The summed E-state index contributed by atoms with van der Waals surface area (Å²) in [6, 6.07) is 17.7. The molecule has 0 radical (unpaired) electrons. The molecule has 3 rings (SSSR count). The van der Waals surface area contributed by atoms with Crippen LogP contribution in [0.1, 0.15) is 5.76 Å². The lowest BCUT2D eigenvalue weighted by Gasteiger charge is -2.09. The van der Waals surface area contributed by atoms with Gasteiger partial charge in [0, 0.05) is 16.7 Å². The number of rotatable bonds is 4. The number of benzene rings is 2. The van der Waals surface area contributed by atoms with E-state index in [0.717, 1.165) is 5.56 Å². The Hall–Kier alpha value is -3.09. The lowest BCUT2D eigenvalue weighted by atomic mass is 10.2. The van der Waals surface area contributed by atoms with E-state index in [1.165, 1.54) is 18.2 Å². The van der Waals surface area contributed by atoms with E-state index in [1.54, 1.807) is 18.2 Å². The fourth-order valence-electron chi connectivity index (χ4n) is 2.27. The molecule has 1 amide bonds. The highest BCUT2D eigenvalue weighted by molar-refractivity contribution is 7.80. The first-order chi connectivity index (χ1) is 13.0. The largest absolute Gasteiger partial charge is 0.506 e. The minimum absolute atomic E-state index is 0.0319. The van der Waals surface area contributed by atoms with Crippen molar-refractivity contribution in [3.05, 3.63) is 77.5 Å². The summed E-state index contributed by atoms with van der Waals surface area (Å²) in [5.74, 6) is 0.780. The van der Waals surface area contributed by atoms with Crippen LogP contribution in [0.5, 0.6) is 5.75 Å². The summed E-state index contributed by atoms with van der Waals surface area (Å²) in [5.41, 5.74) is 1.25. The zero-order valence-corrected chi connectivity index (χ0v) is 15.6. The van der Waals surface area contributed by atoms with E-state index < -0.39 is 5.91 Å². The van der Waals surface area contributed by atoms with Crippen molar-refractivity contribution in [3.63, 3.8) is 0 Å². The fourth-order valence-corrected chi connectivity index (χ4v) is 2.66. The Morgan fingerprint density at radius 2 is 1.89 bits per heavy atom. The molecule has 3 N–H and O–H groups in total. The van der Waals surface area contributed by atoms with Crippen molar-refractivity contribution >= 4 is 46.6 Å². The molecule has 136 valence electrons. The minimum Gasteiger partial charge on any atom is -0.506 e. The standard InChI is InChI=1S/C20H15ClN2O3S/c21-14-6-9-17(24)16(12-14)22-20(27)23-19(25)11-8-15-7-10-18(26-15)13-4-2-1-3-5-13/h1-12,24H,(H2,22,23,25,27)/b11-8+. The maximum absolute atomic E-state index is 12.0. The zero-order valence-electron chi connectivity index (χ0n) is 14.0. The molecule has 0 aliphatic heterocycles. The molecule has 0 saturated carbocycles. The Morgan fingerprint density at radius 1 is 1.11 bits per heavy atom. The SMILES string of the molecule is O=C(/C=C/c1ccc(-c2ccccc2)o1)NC(=S)Nc1cc(Cl)ccc1O. The lowest BCUT2D eigenvalue weighted by molar-refractivity contribution is -0.115. The lowest BCUT2D eigenvalue weighted by Crippen LogP contribution is -2.32. The summed E-state index contributed by atoms with van der Waals surface area (Å²) in [4.78, 5) is 12.0. The van der Waals surface area contributed by atoms with Gasteiger partial charge in [-0.25, -0.2) is 0 Å². The molecule has 0 bridgehead atoms. The van der Waals surface area contributed by atoms with Gasteiger partial charge in [0.2, 0.25) is 5.91 Å². The molecule has 0 aliphatic rings. The van der Waals surface area contributed by atoms with E-state index in [9.17, 15) is 9.90 Å². The molecule has 1 heterocycles. The van der Waals surface area contributed by atoms with Gasteiger partial charge in [0.1, 0.15) is 17.3 Å². The normalized spacial score (nSPS) is 10.7. The second-order valence-electron chi connectivity index (χ2n) is 5.51. The van der Waals surface area contributed by atoms with Crippen molar-refractivity contribution in [3.8, 4) is 17.1 Å². The summed E-state index contributed by atoms with van der Waals surface area (Å²) < 4.78 is 5.69. The molecule has 7 heteroatoms. The van der Waals surface area contributed by atoms with Gasteiger partial charge in [0.25, 0.3) is 0 Å². The Labute approximate surface area is 166 Å². The molecule has 1 aromatic heterocycles. The number of amides is 1. The highest BCUT2D eigenvalue weighted by Gasteiger charge is 2.07. The average Bonchev–Trinajstić information content (AvgIpc) is 3.13. The maximum atomic E-state index is 12.0. The number of halogens is 1. The number of phenolic OH excluding ortho intramolecular Hbond substituents is 1. The molecule has 2 aromatic carbocycles. The molecule has 0 unspecified atom stereocenters. The van der Waals surface area contributed by atoms with Crippen LogP contribution in [0.25, 0.3) is 17.4 Å². The molecule has 0 saturated heterocycles. The minimum atomic E-state index is -0.438. The second-order valence-corrected chi connectivity index (χ2v) is 6.35. The topological polar surface area (TPSA) is 74.5 Å². The number of thiocarbonyl (C=S) groups is 1. The monoisotopic (exact) mass is 398 g/mol. The van der Waals surface area contributed by atoms with Crippen LogP contribution in [0.2, 0.25) is 5.02 Å². The maximum Gasteiger partial charge on any atom is 0.250 e. The van der Waals surface area contributed by atoms with Gasteiger partial charge in [0.15, 0.2) is 5.11 Å². The number of hydrogen-bond donors (Lipinski definition) is 3. The van der Waals surface area contributed by atoms with E-state index in [0.29, 0.717) is 22.2 Å². The Morgan fingerprint density at radius 3 is 2.67 bits per heavy atom. The van der Waals surface area contributed by atoms with Crippen molar-refractivity contribution in [2.24, 2.45) is 0 Å². The average molecular weight is 399 g/mol. The van der Waals surface area contributed by atoms with Crippen LogP contribution >= 0.6 is 23.8 Å². The van der Waals surface area contributed by atoms with E-state index >= 15 is 0 Å². The van der Waals surface area contributed by atoms with Crippen LogP contribution in [0.3, 0.4) is 0 Å². The Balaban J connectivity index is 1.58. The van der Waals surface area contributed by atoms with Gasteiger partial charge in [-0.05, 0) is 48.6 Å². The van der Waals surface area contributed by atoms with Crippen LogP contribution in [0.4, 0.5) is 5.69 Å². The Bertz CT molecular complexity index is 999. The molecule has 27 heavy (non-hydrogen) atoms. The quantitative estimate of drug-likeness (QED) is 0.333. The van der Waals surface area contributed by atoms with Gasteiger partial charge in [-0.3, -0.25) is 10.1 Å². The van der Waals surface area contributed by atoms with Crippen molar-refractivity contribution in [1.82, 2.24) is 5.32 Å². The van der Waals surface area contributed by atoms with Crippen LogP contribution < -0.4 is 10.6 Å². The molecular weight excluding hydrogens is 384 g/mol. The van der Waals surface area contributed by atoms with Gasteiger partial charge in [0.05, 0.1) is 5.69 Å². The molecule has 3 aromatic rings. The van der Waals surface area contributed by atoms with E-state index in [-0.39, 0.29) is 10.9 Å². The third-order valence-electron chi connectivity index (χ3n) is 3.53. The summed E-state index contributed by atoms with van der Waals surface area (Å²) in [5, 5.41) is 15.4. The third kappa shape index (κ3) is 5.20. The van der Waals surface area contributed by atoms with Gasteiger partial charge >= 0.3 is 0 Å². The predicted molar refractivity (Wildman–Crippen MR) is 111 cm³/mol. The summed E-state index contributed by atoms with van der Waals surface area (Å²) in [6.07, 6.45) is 2.85. The number of phenols is 1. The van der Waals surface area contributed by atoms with Gasteiger partial charge in [-0.2, -0.15) is 0 Å². The number of furan rings is 1. The molecule has 0 spiro atoms. The summed E-state index contributed by atoms with van der Waals surface area (Å²) in [7, 11) is 0. The number of hydrogen-bond acceptors (Lipinski definition) is 4. The van der Waals surface area contributed by atoms with Gasteiger partial charge < -0.3 is 14.8 Å². The van der Waals surface area contributed by atoms with Gasteiger partial charge in [-0.1, -0.05) is 41.9 Å². The van der Waals surface area contributed by atoms with Crippen molar-refractivity contribution < 1.29 is 14.3 Å². The fraction of sp³-hybridized carbons (Fsp3) is 0. The number of aromatic hydroxyl groups is 1. The van der Waals surface area contributed by atoms with E-state index in [1.807, 2.05) is 36.4 Å². The number of nitrogens with one attached hydrogen (secondary N) is 2. The smallest absolute Gasteiger partial charge is 0.250 e. The number of carbonyl (C=O) groups excluding carboxylic acids is 1. The number of carbonyl (C=O) groups is 1. The predicted octanol–water partition coefficient (Wildman–Crippen LogP) is 4.83. The molecular formula is C20H15ClN2O3S. The third-order valence-corrected chi connectivity index (χ3v) is 3.97. The highest BCUT2D eigenvalue weighted by Crippen LogP contribution is 2.26. The van der Waals surface area contributed by atoms with Crippen molar-refractivity contribution in [1.29, 1.82) is 0 Å². The van der Waals surface area contributed by atoms with Crippen LogP contribution in [0, 0.1) is 0 Å². The van der Waals surface area contributed by atoms with E-state index in [4.69, 9.17) is 28.2 Å². The Kier molecular flexibility index (Phi) is 5.90. The first-order valence-corrected chi connectivity index (χ1v) is 8.74. The highest BCUT2D eigenvalue weighted by atomic mass is 35.5. The molecule has 0 atom stereocenters. The zero-order chi connectivity index (χ0) is 19.2. The summed E-state index contributed by atoms with van der Waals surface area (Å²) >= 11 is 10.9. The second kappa shape index (κ2) is 8.53. The molecule has 5 nitrogen and oxygen atoms in total. The van der Waals surface area contributed by atoms with Gasteiger partial charge in [-0.15, -0.1) is 0 Å². The molecule has 0 fully saturated rings. The number of anilines is 1. The van der Waals surface area contributed by atoms with Crippen LogP contribution in [-0.2, 0) is 4.79 Å². The van der Waals surface area contributed by atoms with Crippen molar-refractivity contribution in [2.45, 2.75) is 0 Å². The van der Waals surface area contributed by atoms with Crippen LogP contribution in [0.15, 0.2) is 71.2 Å². The van der Waals surface area contributed by atoms with Crippen LogP contribution in [-0.4, -0.2) is 16.1 Å².